The van der Waals surface area contributed by atoms with Gasteiger partial charge in [0, 0.05) is 6.20 Å². The number of nitrogens with one attached hydrogen (secondary N) is 1. The topological polar surface area (TPSA) is 68.3 Å². The molecule has 0 aliphatic carbocycles. The van der Waals surface area contributed by atoms with E-state index in [0.717, 1.165) is 24.4 Å². The van der Waals surface area contributed by atoms with Gasteiger partial charge in [-0.25, -0.2) is 18.6 Å². The molecule has 1 aromatic heterocycles. The minimum Gasteiger partial charge on any atom is -0.448 e. The molecule has 0 saturated heterocycles. The first kappa shape index (κ1) is 19.4. The molecule has 0 saturated carbocycles. The molecule has 2 rings (SSSR count). The van der Waals surface area contributed by atoms with E-state index < -0.39 is 35.3 Å². The molecule has 0 spiro atoms. The van der Waals surface area contributed by atoms with Gasteiger partial charge in [-0.3, -0.25) is 4.79 Å². The largest absolute Gasteiger partial charge is 0.448 e. The molecule has 0 aliphatic rings. The Morgan fingerprint density at radius 2 is 1.76 bits per heavy atom. The third-order valence-electron chi connectivity index (χ3n) is 2.97. The van der Waals surface area contributed by atoms with Crippen molar-refractivity contribution in [3.63, 3.8) is 0 Å². The van der Waals surface area contributed by atoms with Crippen LogP contribution >= 0.6 is 34.8 Å². The van der Waals surface area contributed by atoms with Gasteiger partial charge in [0.1, 0.15) is 17.3 Å². The molecule has 0 fully saturated rings. The molecule has 132 valence electrons. The van der Waals surface area contributed by atoms with Crippen LogP contribution in [0.2, 0.25) is 15.1 Å². The van der Waals surface area contributed by atoms with E-state index in [0.29, 0.717) is 0 Å². The molecule has 5 nitrogen and oxygen atoms in total. The number of hydrogen-bond donors (Lipinski definition) is 1. The quantitative estimate of drug-likeness (QED) is 0.755. The summed E-state index contributed by atoms with van der Waals surface area (Å²) in [5.41, 5.74) is -1.01. The molecule has 0 radical (unpaired) electrons. The Kier molecular flexibility index (Phi) is 6.16. The molecule has 25 heavy (non-hydrogen) atoms. The van der Waals surface area contributed by atoms with Gasteiger partial charge >= 0.3 is 5.97 Å². The van der Waals surface area contributed by atoms with Crippen LogP contribution in [-0.4, -0.2) is 23.0 Å². The number of rotatable bonds is 4. The second-order valence-electron chi connectivity index (χ2n) is 4.72. The van der Waals surface area contributed by atoms with Crippen LogP contribution in [0.25, 0.3) is 0 Å². The molecule has 1 N–H and O–H groups in total. The van der Waals surface area contributed by atoms with Crippen LogP contribution in [0.4, 0.5) is 14.5 Å². The maximum atomic E-state index is 13.5. The number of para-hydroxylation sites is 1. The van der Waals surface area contributed by atoms with E-state index in [4.69, 9.17) is 39.5 Å². The van der Waals surface area contributed by atoms with E-state index in [2.05, 4.69) is 4.98 Å². The lowest BCUT2D eigenvalue weighted by Gasteiger charge is -2.14. The van der Waals surface area contributed by atoms with Gasteiger partial charge < -0.3 is 10.1 Å². The third kappa shape index (κ3) is 4.36. The predicted octanol–water partition coefficient (Wildman–Crippen LogP) is 4.50. The molecule has 10 heteroatoms. The standard InChI is InChI=1S/C15H9Cl3F2N2O3/c1-6(14(23)22-12-8(19)3-2-4-9(12)20)25-15(24)13-11(18)10(17)7(16)5-21-13/h2-6H,1H3,(H,22,23)/t6-/m1/s1. The number of carbonyl (C=O) groups excluding carboxylic acids is 2. The minimum atomic E-state index is -1.39. The summed E-state index contributed by atoms with van der Waals surface area (Å²) >= 11 is 17.3. The fourth-order valence-corrected chi connectivity index (χ4v) is 2.26. The molecular formula is C15H9Cl3F2N2O3. The van der Waals surface area contributed by atoms with Crippen molar-refractivity contribution in [3.8, 4) is 0 Å². The maximum Gasteiger partial charge on any atom is 0.359 e. The van der Waals surface area contributed by atoms with E-state index in [1.165, 1.54) is 6.92 Å². The van der Waals surface area contributed by atoms with Gasteiger partial charge in [-0.15, -0.1) is 0 Å². The van der Waals surface area contributed by atoms with Gasteiger partial charge in [0.05, 0.1) is 15.1 Å². The van der Waals surface area contributed by atoms with Gasteiger partial charge in [0.15, 0.2) is 11.8 Å². The van der Waals surface area contributed by atoms with Crippen molar-refractivity contribution in [1.29, 1.82) is 0 Å². The molecule has 0 bridgehead atoms. The summed E-state index contributed by atoms with van der Waals surface area (Å²) in [6.45, 7) is 1.21. The molecule has 1 heterocycles. The first-order chi connectivity index (χ1) is 11.7. The Morgan fingerprint density at radius 3 is 2.36 bits per heavy atom. The number of benzene rings is 1. The van der Waals surface area contributed by atoms with Gasteiger partial charge in [-0.2, -0.15) is 0 Å². The van der Waals surface area contributed by atoms with Gasteiger partial charge in [0.25, 0.3) is 5.91 Å². The maximum absolute atomic E-state index is 13.5. The lowest BCUT2D eigenvalue weighted by Crippen LogP contribution is -2.31. The van der Waals surface area contributed by atoms with Crippen LogP contribution in [-0.2, 0) is 9.53 Å². The average molecular weight is 410 g/mol. The second-order valence-corrected chi connectivity index (χ2v) is 5.88. The Morgan fingerprint density at radius 1 is 1.16 bits per heavy atom. The van der Waals surface area contributed by atoms with E-state index >= 15 is 0 Å². The van der Waals surface area contributed by atoms with Gasteiger partial charge in [-0.1, -0.05) is 40.9 Å². The van der Waals surface area contributed by atoms with Crippen molar-refractivity contribution < 1.29 is 23.1 Å². The zero-order valence-electron chi connectivity index (χ0n) is 12.4. The Bertz CT molecular complexity index is 829. The number of ether oxygens (including phenoxy) is 1. The number of carbonyl (C=O) groups is 2. The third-order valence-corrected chi connectivity index (χ3v) is 4.22. The lowest BCUT2D eigenvalue weighted by atomic mass is 10.2. The molecule has 1 atom stereocenters. The Balaban J connectivity index is 2.11. The Hall–Kier alpha value is -1.96. The summed E-state index contributed by atoms with van der Waals surface area (Å²) in [7, 11) is 0. The van der Waals surface area contributed by atoms with Crippen LogP contribution in [0.3, 0.4) is 0 Å². The number of halogens is 5. The number of esters is 1. The summed E-state index contributed by atoms with van der Waals surface area (Å²) < 4.78 is 31.9. The van der Waals surface area contributed by atoms with E-state index in [9.17, 15) is 18.4 Å². The number of amides is 1. The smallest absolute Gasteiger partial charge is 0.359 e. The first-order valence-corrected chi connectivity index (χ1v) is 7.81. The van der Waals surface area contributed by atoms with Gasteiger partial charge in [0.2, 0.25) is 0 Å². The number of hydrogen-bond acceptors (Lipinski definition) is 4. The SMILES string of the molecule is C[C@@H](OC(=O)c1ncc(Cl)c(Cl)c1Cl)C(=O)Nc1c(F)cccc1F. The minimum absolute atomic E-state index is 0.0315. The number of pyridine rings is 1. The van der Waals surface area contributed by atoms with Crippen LogP contribution in [0.15, 0.2) is 24.4 Å². The van der Waals surface area contributed by atoms with Crippen LogP contribution < -0.4 is 5.32 Å². The molecule has 0 unspecified atom stereocenters. The van der Waals surface area contributed by atoms with Crippen molar-refractivity contribution in [3.05, 3.63) is 56.8 Å². The molecule has 1 amide bonds. The second kappa shape index (κ2) is 7.95. The monoisotopic (exact) mass is 408 g/mol. The van der Waals surface area contributed by atoms with E-state index in [-0.39, 0.29) is 20.8 Å². The fourth-order valence-electron chi connectivity index (χ4n) is 1.70. The highest BCUT2D eigenvalue weighted by molar-refractivity contribution is 6.48. The van der Waals surface area contributed by atoms with Crippen molar-refractivity contribution in [2.24, 2.45) is 0 Å². The van der Waals surface area contributed by atoms with Crippen molar-refractivity contribution in [1.82, 2.24) is 4.98 Å². The highest BCUT2D eigenvalue weighted by atomic mass is 35.5. The van der Waals surface area contributed by atoms with Crippen LogP contribution in [0, 0.1) is 11.6 Å². The van der Waals surface area contributed by atoms with Crippen LogP contribution in [0.1, 0.15) is 17.4 Å². The summed E-state index contributed by atoms with van der Waals surface area (Å²) in [6.07, 6.45) is -0.301. The number of anilines is 1. The zero-order chi connectivity index (χ0) is 18.7. The fraction of sp³-hybridized carbons (Fsp3) is 0.133. The Labute approximate surface area is 155 Å². The molecule has 1 aromatic carbocycles. The lowest BCUT2D eigenvalue weighted by molar-refractivity contribution is -0.123. The first-order valence-electron chi connectivity index (χ1n) is 6.67. The number of nitrogens with zero attached hydrogens (tertiary/aromatic N) is 1. The van der Waals surface area contributed by atoms with E-state index in [1.54, 1.807) is 0 Å². The summed E-state index contributed by atoms with van der Waals surface area (Å²) in [4.78, 5) is 27.7. The molecule has 2 aromatic rings. The summed E-state index contributed by atoms with van der Waals surface area (Å²) in [5.74, 6) is -3.95. The van der Waals surface area contributed by atoms with Crippen molar-refractivity contribution in [2.75, 3.05) is 5.32 Å². The molecule has 0 aliphatic heterocycles. The zero-order valence-corrected chi connectivity index (χ0v) is 14.7. The number of aromatic nitrogens is 1. The van der Waals surface area contributed by atoms with Crippen LogP contribution in [0.5, 0.6) is 0 Å². The molecular weight excluding hydrogens is 401 g/mol. The highest BCUT2D eigenvalue weighted by Gasteiger charge is 2.24. The predicted molar refractivity (Wildman–Crippen MR) is 89.1 cm³/mol. The van der Waals surface area contributed by atoms with Gasteiger partial charge in [-0.05, 0) is 19.1 Å². The van der Waals surface area contributed by atoms with Crippen molar-refractivity contribution >= 4 is 52.4 Å². The average Bonchev–Trinajstić information content (AvgIpc) is 2.55. The van der Waals surface area contributed by atoms with Crippen molar-refractivity contribution in [2.45, 2.75) is 13.0 Å². The highest BCUT2D eigenvalue weighted by Crippen LogP contribution is 2.31. The summed E-state index contributed by atoms with van der Waals surface area (Å²) in [6, 6.07) is 3.07. The normalized spacial score (nSPS) is 11.8. The summed E-state index contributed by atoms with van der Waals surface area (Å²) in [5, 5.41) is 1.69. The van der Waals surface area contributed by atoms with E-state index in [1.807, 2.05) is 5.32 Å².